The first-order chi connectivity index (χ1) is 13.5. The predicted molar refractivity (Wildman–Crippen MR) is 93.8 cm³/mol. The maximum absolute atomic E-state index is 12.2. The predicted octanol–water partition coefficient (Wildman–Crippen LogP) is 3.39. The summed E-state index contributed by atoms with van der Waals surface area (Å²) in [6.07, 6.45) is -7.13. The monoisotopic (exact) mass is 496 g/mol. The van der Waals surface area contributed by atoms with E-state index in [9.17, 15) is 47.9 Å². The number of nitrogen functional groups attached to an aromatic ring is 1. The van der Waals surface area contributed by atoms with Crippen LogP contribution in [0.25, 0.3) is 0 Å². The van der Waals surface area contributed by atoms with Crippen molar-refractivity contribution >= 4 is 15.8 Å². The van der Waals surface area contributed by atoms with Crippen LogP contribution in [-0.2, 0) is 15.5 Å². The number of hydrogen-bond acceptors (Lipinski definition) is 6. The molecule has 8 N–H and O–H groups in total. The van der Waals surface area contributed by atoms with Crippen molar-refractivity contribution in [2.24, 2.45) is 17.5 Å². The summed E-state index contributed by atoms with van der Waals surface area (Å²) in [7, 11) is -7.17. The number of hydrogen-bond donors (Lipinski definition) is 5. The van der Waals surface area contributed by atoms with Crippen LogP contribution >= 0.6 is 0 Å². The Morgan fingerprint density at radius 2 is 1.16 bits per heavy atom. The summed E-state index contributed by atoms with van der Waals surface area (Å²) >= 11 is 0. The lowest BCUT2D eigenvalue weighted by atomic mass is 9.87. The van der Waals surface area contributed by atoms with E-state index in [1.807, 2.05) is 12.1 Å². The number of alkyl halides is 9. The summed E-state index contributed by atoms with van der Waals surface area (Å²) in [6.45, 7) is 6.58. The Kier molecular flexibility index (Phi) is 10.3. The fourth-order valence-electron chi connectivity index (χ4n) is 1.59. The Hall–Kier alpha value is -1.82. The average Bonchev–Trinajstić information content (AvgIpc) is 2.61. The number of nitrogens with one attached hydrogen (secondary N) is 1. The normalized spacial score (nSPS) is 13.4. The van der Waals surface area contributed by atoms with E-state index in [-0.39, 0.29) is 5.41 Å². The van der Waals surface area contributed by atoms with E-state index in [0.717, 1.165) is 5.69 Å². The quantitative estimate of drug-likeness (QED) is 0.186. The zero-order chi connectivity index (χ0) is 25.7. The van der Waals surface area contributed by atoms with Gasteiger partial charge in [0.05, 0.1) is 0 Å². The molecular weight excluding hydrogens is 475 g/mol. The van der Waals surface area contributed by atoms with E-state index in [1.54, 1.807) is 0 Å². The second-order valence-electron chi connectivity index (χ2n) is 6.61. The number of rotatable bonds is 4. The topological polar surface area (TPSA) is 144 Å². The molecule has 0 aliphatic rings. The van der Waals surface area contributed by atoms with Gasteiger partial charge in [-0.25, -0.2) is 0 Å². The molecule has 0 saturated carbocycles. The molecule has 0 unspecified atom stereocenters. The van der Waals surface area contributed by atoms with Gasteiger partial charge in [0, 0.05) is 5.69 Å². The average molecular weight is 496 g/mol. The molecule has 1 rings (SSSR count). The number of nitrogens with two attached hydrogens (primary N) is 3. The van der Waals surface area contributed by atoms with E-state index in [2.05, 4.69) is 50.0 Å². The van der Waals surface area contributed by atoms with Crippen molar-refractivity contribution in [3.8, 4) is 0 Å². The third kappa shape index (κ3) is 7.09. The Bertz CT molecular complexity index is 793. The van der Waals surface area contributed by atoms with Gasteiger partial charge in [0.25, 0.3) is 0 Å². The van der Waals surface area contributed by atoms with Gasteiger partial charge in [-0.15, -0.1) is 0 Å². The van der Waals surface area contributed by atoms with Gasteiger partial charge in [-0.1, -0.05) is 32.9 Å². The summed E-state index contributed by atoms with van der Waals surface area (Å²) in [5.74, 6) is -1.46. The van der Waals surface area contributed by atoms with Crippen molar-refractivity contribution in [1.82, 2.24) is 0 Å². The van der Waals surface area contributed by atoms with Crippen molar-refractivity contribution in [2.45, 2.75) is 49.5 Å². The van der Waals surface area contributed by atoms with Gasteiger partial charge in [0.2, 0.25) is 0 Å². The molecule has 0 atom stereocenters. The third-order valence-corrected chi connectivity index (χ3v) is 4.26. The van der Waals surface area contributed by atoms with Crippen LogP contribution in [0.15, 0.2) is 24.3 Å². The molecule has 184 valence electrons. The van der Waals surface area contributed by atoms with Gasteiger partial charge < -0.3 is 5.43 Å². The zero-order valence-corrected chi connectivity index (χ0v) is 16.9. The Morgan fingerprint density at radius 3 is 1.39 bits per heavy atom. The van der Waals surface area contributed by atoms with Crippen molar-refractivity contribution in [3.63, 3.8) is 0 Å². The molecule has 0 aliphatic heterocycles. The molecule has 0 spiro atoms. The molecule has 0 bridgehead atoms. The van der Waals surface area contributed by atoms with E-state index in [0.29, 0.717) is 0 Å². The minimum absolute atomic E-state index is 0.215. The third-order valence-electron chi connectivity index (χ3n) is 3.36. The molecule has 0 fully saturated rings. The van der Waals surface area contributed by atoms with Crippen LogP contribution in [0, 0.1) is 0 Å². The molecule has 0 aliphatic carbocycles. The van der Waals surface area contributed by atoms with Crippen LogP contribution in [0.2, 0.25) is 0 Å². The number of hydrazine groups is 2. The minimum Gasteiger partial charge on any atom is -0.324 e. The minimum atomic E-state index is -7.37. The Morgan fingerprint density at radius 1 is 0.806 bits per heavy atom. The standard InChI is InChI=1S/C10H16N2.C4HF9O3S.H4N2/c1-10(2,3)8-4-6-9(12-11)7-5-8;5-1(6,3(9,10)11)2(7,8)4(12,13)17(14,15)16;1-2/h4-7,12H,11H2,1-3H3;(H,14,15,16);1-2H2. The van der Waals surface area contributed by atoms with Gasteiger partial charge in [0.1, 0.15) is 0 Å². The highest BCUT2D eigenvalue weighted by molar-refractivity contribution is 7.87. The van der Waals surface area contributed by atoms with Gasteiger partial charge in [-0.05, 0) is 23.1 Å². The molecule has 0 radical (unpaired) electrons. The van der Waals surface area contributed by atoms with Crippen molar-refractivity contribution in [1.29, 1.82) is 0 Å². The summed E-state index contributed by atoms with van der Waals surface area (Å²) in [5, 5.41) is -7.00. The van der Waals surface area contributed by atoms with Crippen LogP contribution in [-0.4, -0.2) is 36.2 Å². The van der Waals surface area contributed by atoms with Crippen LogP contribution in [0.5, 0.6) is 0 Å². The van der Waals surface area contributed by atoms with E-state index in [4.69, 9.17) is 10.4 Å². The SMILES string of the molecule is CC(C)(C)c1ccc(NN)cc1.NN.O=S(=O)(O)C(F)(F)C(F)(F)C(F)(F)C(F)(F)F. The molecule has 0 amide bonds. The van der Waals surface area contributed by atoms with Crippen molar-refractivity contribution < 1.29 is 52.5 Å². The van der Waals surface area contributed by atoms with Crippen LogP contribution < -0.4 is 23.0 Å². The molecule has 1 aromatic rings. The molecule has 0 saturated heterocycles. The second kappa shape index (κ2) is 10.2. The maximum Gasteiger partial charge on any atom is 0.460 e. The first-order valence-corrected chi connectivity index (χ1v) is 9.05. The van der Waals surface area contributed by atoms with Gasteiger partial charge in [0.15, 0.2) is 0 Å². The van der Waals surface area contributed by atoms with Crippen LogP contribution in [0.3, 0.4) is 0 Å². The Labute approximate surface area is 171 Å². The maximum atomic E-state index is 12.2. The first kappa shape index (κ1) is 31.4. The fraction of sp³-hybridized carbons (Fsp3) is 0.571. The number of benzene rings is 1. The molecular formula is C14H21F9N4O3S. The van der Waals surface area contributed by atoms with Gasteiger partial charge >= 0.3 is 33.4 Å². The first-order valence-electron chi connectivity index (χ1n) is 7.61. The summed E-state index contributed by atoms with van der Waals surface area (Å²) in [5.41, 5.74) is 5.09. The van der Waals surface area contributed by atoms with Crippen molar-refractivity contribution in [2.75, 3.05) is 5.43 Å². The summed E-state index contributed by atoms with van der Waals surface area (Å²) in [4.78, 5) is 0. The van der Waals surface area contributed by atoms with Gasteiger partial charge in [-0.3, -0.25) is 22.1 Å². The van der Waals surface area contributed by atoms with Crippen LogP contribution in [0.1, 0.15) is 26.3 Å². The van der Waals surface area contributed by atoms with E-state index >= 15 is 0 Å². The molecule has 31 heavy (non-hydrogen) atoms. The molecule has 1 aromatic carbocycles. The Balaban J connectivity index is 0. The molecule has 7 nitrogen and oxygen atoms in total. The molecule has 0 heterocycles. The van der Waals surface area contributed by atoms with Crippen LogP contribution in [0.4, 0.5) is 45.2 Å². The lowest BCUT2D eigenvalue weighted by Crippen LogP contribution is -2.63. The second-order valence-corrected chi connectivity index (χ2v) is 8.07. The highest BCUT2D eigenvalue weighted by Crippen LogP contribution is 2.54. The highest BCUT2D eigenvalue weighted by atomic mass is 32.2. The number of halogens is 9. The van der Waals surface area contributed by atoms with E-state index < -0.39 is 33.4 Å². The van der Waals surface area contributed by atoms with E-state index in [1.165, 1.54) is 5.56 Å². The largest absolute Gasteiger partial charge is 0.460 e. The highest BCUT2D eigenvalue weighted by Gasteiger charge is 2.85. The summed E-state index contributed by atoms with van der Waals surface area (Å²) in [6, 6.07) is 8.16. The lowest BCUT2D eigenvalue weighted by molar-refractivity contribution is -0.382. The van der Waals surface area contributed by atoms with Gasteiger partial charge in [-0.2, -0.15) is 47.9 Å². The zero-order valence-electron chi connectivity index (χ0n) is 16.1. The smallest absolute Gasteiger partial charge is 0.324 e. The molecule has 17 heteroatoms. The number of anilines is 1. The fourth-order valence-corrected chi connectivity index (χ4v) is 2.04. The summed E-state index contributed by atoms with van der Waals surface area (Å²) < 4.78 is 134. The van der Waals surface area contributed by atoms with Crippen molar-refractivity contribution in [3.05, 3.63) is 29.8 Å². The molecule has 0 aromatic heterocycles. The lowest BCUT2D eigenvalue weighted by Gasteiger charge is -2.31.